The van der Waals surface area contributed by atoms with Gasteiger partial charge in [0, 0.05) is 18.2 Å². The highest BCUT2D eigenvalue weighted by atomic mass is 16.5. The largest absolute Gasteiger partial charge is 0.481 e. The van der Waals surface area contributed by atoms with Crippen LogP contribution in [-0.4, -0.2) is 31.8 Å². The van der Waals surface area contributed by atoms with Crippen LogP contribution in [0.4, 0.5) is 4.79 Å². The molecule has 6 heteroatoms. The number of pyridine rings is 1. The third-order valence-corrected chi connectivity index (χ3v) is 3.36. The summed E-state index contributed by atoms with van der Waals surface area (Å²) in [6.07, 6.45) is 4.06. The Morgan fingerprint density at radius 2 is 1.92 bits per heavy atom. The van der Waals surface area contributed by atoms with Gasteiger partial charge in [-0.1, -0.05) is 42.5 Å². The molecule has 2 aromatic rings. The summed E-state index contributed by atoms with van der Waals surface area (Å²) in [4.78, 5) is 15.8. The molecule has 0 aliphatic rings. The summed E-state index contributed by atoms with van der Waals surface area (Å²) in [6, 6.07) is 13.2. The Morgan fingerprint density at radius 1 is 1.12 bits per heavy atom. The average Bonchev–Trinajstić information content (AvgIpc) is 2.67. The Hall–Kier alpha value is -3.02. The molecule has 6 nitrogen and oxygen atoms in total. The van der Waals surface area contributed by atoms with Crippen LogP contribution in [0.5, 0.6) is 11.8 Å². The number of carbonyl (C=O) groups excluding carboxylic acids is 1. The van der Waals surface area contributed by atoms with E-state index in [1.54, 1.807) is 20.3 Å². The second-order valence-electron chi connectivity index (χ2n) is 5.13. The van der Waals surface area contributed by atoms with Gasteiger partial charge in [0.25, 0.3) is 0 Å². The van der Waals surface area contributed by atoms with E-state index in [1.807, 2.05) is 48.6 Å². The Bertz CT molecular complexity index is 702. The molecule has 0 aliphatic heterocycles. The molecule has 132 valence electrons. The molecule has 0 saturated heterocycles. The van der Waals surface area contributed by atoms with Crippen LogP contribution in [0.3, 0.4) is 0 Å². The van der Waals surface area contributed by atoms with Gasteiger partial charge >= 0.3 is 6.09 Å². The quantitative estimate of drug-likeness (QED) is 0.744. The zero-order chi connectivity index (χ0) is 17.9. The lowest BCUT2D eigenvalue weighted by molar-refractivity contribution is 0.140. The fraction of sp³-hybridized carbons (Fsp3) is 0.263. The molecule has 2 rings (SSSR count). The maximum atomic E-state index is 11.6. The van der Waals surface area contributed by atoms with Gasteiger partial charge in [0.2, 0.25) is 11.8 Å². The number of hydrogen-bond donors (Lipinski definition) is 1. The molecular weight excluding hydrogens is 320 g/mol. The summed E-state index contributed by atoms with van der Waals surface area (Å²) in [7, 11) is 3.11. The average molecular weight is 342 g/mol. The van der Waals surface area contributed by atoms with E-state index in [2.05, 4.69) is 10.3 Å². The fourth-order valence-corrected chi connectivity index (χ4v) is 2.08. The van der Waals surface area contributed by atoms with Crippen LogP contribution in [-0.2, 0) is 11.3 Å². The number of nitrogens with one attached hydrogen (secondary N) is 1. The van der Waals surface area contributed by atoms with Crippen molar-refractivity contribution in [1.82, 2.24) is 10.3 Å². The molecule has 1 aromatic heterocycles. The van der Waals surface area contributed by atoms with E-state index in [1.165, 1.54) is 0 Å². The second kappa shape index (κ2) is 9.97. The normalized spacial score (nSPS) is 10.5. The lowest BCUT2D eigenvalue weighted by atomic mass is 10.2. The van der Waals surface area contributed by atoms with Crippen molar-refractivity contribution in [2.75, 3.05) is 20.8 Å². The lowest BCUT2D eigenvalue weighted by Crippen LogP contribution is -2.24. The number of amides is 1. The molecule has 1 N–H and O–H groups in total. The minimum Gasteiger partial charge on any atom is -0.481 e. The Balaban J connectivity index is 1.71. The Kier molecular flexibility index (Phi) is 7.31. The third-order valence-electron chi connectivity index (χ3n) is 3.36. The van der Waals surface area contributed by atoms with E-state index < -0.39 is 6.09 Å². The van der Waals surface area contributed by atoms with Crippen molar-refractivity contribution in [3.05, 3.63) is 59.7 Å². The predicted octanol–water partition coefficient (Wildman–Crippen LogP) is 3.43. The fourth-order valence-electron chi connectivity index (χ4n) is 2.08. The molecule has 0 fully saturated rings. The predicted molar refractivity (Wildman–Crippen MR) is 95.6 cm³/mol. The highest BCUT2D eigenvalue weighted by molar-refractivity contribution is 5.67. The smallest absolute Gasteiger partial charge is 0.407 e. The number of nitrogens with zero attached hydrogens (tertiary/aromatic N) is 1. The van der Waals surface area contributed by atoms with Crippen molar-refractivity contribution in [2.45, 2.75) is 13.0 Å². The topological polar surface area (TPSA) is 69.7 Å². The monoisotopic (exact) mass is 342 g/mol. The van der Waals surface area contributed by atoms with Crippen molar-refractivity contribution in [3.63, 3.8) is 0 Å². The lowest BCUT2D eigenvalue weighted by Gasteiger charge is -2.06. The first-order chi connectivity index (χ1) is 12.2. The first-order valence-corrected chi connectivity index (χ1v) is 7.93. The maximum absolute atomic E-state index is 11.6. The third kappa shape index (κ3) is 6.18. The number of methoxy groups -OCH3 is 2. The molecule has 0 unspecified atom stereocenters. The SMILES string of the molecule is COc1ccc(C=CCCNC(=O)OCc2ccccc2)c(OC)n1. The van der Waals surface area contributed by atoms with Crippen LogP contribution in [0.25, 0.3) is 6.08 Å². The van der Waals surface area contributed by atoms with Crippen molar-refractivity contribution >= 4 is 12.2 Å². The van der Waals surface area contributed by atoms with Gasteiger partial charge in [-0.05, 0) is 18.1 Å². The Morgan fingerprint density at radius 3 is 2.64 bits per heavy atom. The van der Waals surface area contributed by atoms with Gasteiger partial charge in [0.1, 0.15) is 6.61 Å². The number of rotatable bonds is 8. The van der Waals surface area contributed by atoms with Gasteiger partial charge < -0.3 is 19.5 Å². The zero-order valence-corrected chi connectivity index (χ0v) is 14.4. The van der Waals surface area contributed by atoms with Crippen molar-refractivity contribution < 1.29 is 19.0 Å². The van der Waals surface area contributed by atoms with Crippen LogP contribution in [0.2, 0.25) is 0 Å². The summed E-state index contributed by atoms with van der Waals surface area (Å²) >= 11 is 0. The first kappa shape index (κ1) is 18.3. The number of ether oxygens (including phenoxy) is 3. The number of aromatic nitrogens is 1. The van der Waals surface area contributed by atoms with Gasteiger partial charge in [0.05, 0.1) is 14.2 Å². The molecule has 1 aromatic carbocycles. The molecule has 0 aliphatic carbocycles. The van der Waals surface area contributed by atoms with E-state index in [0.717, 1.165) is 11.1 Å². The number of alkyl carbamates (subject to hydrolysis) is 1. The van der Waals surface area contributed by atoms with Gasteiger partial charge in [-0.15, -0.1) is 0 Å². The van der Waals surface area contributed by atoms with Gasteiger partial charge in [0.15, 0.2) is 0 Å². The number of benzene rings is 1. The van der Waals surface area contributed by atoms with Crippen LogP contribution < -0.4 is 14.8 Å². The minimum absolute atomic E-state index is 0.261. The van der Waals surface area contributed by atoms with Crippen molar-refractivity contribution in [2.24, 2.45) is 0 Å². The molecule has 0 radical (unpaired) electrons. The number of hydrogen-bond acceptors (Lipinski definition) is 5. The molecule has 0 bridgehead atoms. The molecule has 1 heterocycles. The van der Waals surface area contributed by atoms with Gasteiger partial charge in [-0.2, -0.15) is 4.98 Å². The zero-order valence-electron chi connectivity index (χ0n) is 14.4. The molecule has 0 atom stereocenters. The Labute approximate surface area is 147 Å². The standard InChI is InChI=1S/C19H22N2O4/c1-23-17-12-11-16(18(21-17)24-2)10-6-7-13-20-19(22)25-14-15-8-4-3-5-9-15/h3-6,8-12H,7,13-14H2,1-2H3,(H,20,22). The summed E-state index contributed by atoms with van der Waals surface area (Å²) < 4.78 is 15.4. The van der Waals surface area contributed by atoms with E-state index >= 15 is 0 Å². The minimum atomic E-state index is -0.430. The van der Waals surface area contributed by atoms with E-state index in [-0.39, 0.29) is 6.61 Å². The van der Waals surface area contributed by atoms with Crippen LogP contribution in [0.1, 0.15) is 17.5 Å². The van der Waals surface area contributed by atoms with E-state index in [4.69, 9.17) is 14.2 Å². The van der Waals surface area contributed by atoms with E-state index in [9.17, 15) is 4.79 Å². The van der Waals surface area contributed by atoms with Crippen LogP contribution in [0, 0.1) is 0 Å². The van der Waals surface area contributed by atoms with Gasteiger partial charge in [-0.25, -0.2) is 4.79 Å². The molecular formula is C19H22N2O4. The van der Waals surface area contributed by atoms with E-state index in [0.29, 0.717) is 24.7 Å². The number of carbonyl (C=O) groups is 1. The molecule has 25 heavy (non-hydrogen) atoms. The van der Waals surface area contributed by atoms with Crippen molar-refractivity contribution in [3.8, 4) is 11.8 Å². The van der Waals surface area contributed by atoms with Gasteiger partial charge in [-0.3, -0.25) is 0 Å². The summed E-state index contributed by atoms with van der Waals surface area (Å²) in [5.74, 6) is 0.989. The van der Waals surface area contributed by atoms with Crippen LogP contribution in [0.15, 0.2) is 48.5 Å². The maximum Gasteiger partial charge on any atom is 0.407 e. The first-order valence-electron chi connectivity index (χ1n) is 7.93. The summed E-state index contributed by atoms with van der Waals surface area (Å²) in [5.41, 5.74) is 1.80. The summed E-state index contributed by atoms with van der Waals surface area (Å²) in [6.45, 7) is 0.743. The molecule has 0 saturated carbocycles. The highest BCUT2D eigenvalue weighted by Gasteiger charge is 2.04. The molecule has 0 spiro atoms. The summed E-state index contributed by atoms with van der Waals surface area (Å²) in [5, 5.41) is 2.71. The van der Waals surface area contributed by atoms with Crippen molar-refractivity contribution in [1.29, 1.82) is 0 Å². The molecule has 1 amide bonds. The highest BCUT2D eigenvalue weighted by Crippen LogP contribution is 2.20. The second-order valence-corrected chi connectivity index (χ2v) is 5.13. The van der Waals surface area contributed by atoms with Crippen LogP contribution >= 0.6 is 0 Å².